The predicted octanol–water partition coefficient (Wildman–Crippen LogP) is 2.30. The Balaban J connectivity index is 1.54. The van der Waals surface area contributed by atoms with Crippen molar-refractivity contribution >= 4 is 16.6 Å². The molecule has 2 heterocycles. The average Bonchev–Trinajstić information content (AvgIpc) is 2.72. The zero-order valence-corrected chi connectivity index (χ0v) is 16.2. The van der Waals surface area contributed by atoms with Gasteiger partial charge in [-0.05, 0) is 37.1 Å². The van der Waals surface area contributed by atoms with Crippen LogP contribution in [0.5, 0.6) is 0 Å². The monoisotopic (exact) mass is 362 g/mol. The van der Waals surface area contributed by atoms with Crippen LogP contribution in [0, 0.1) is 6.92 Å². The molecule has 0 atom stereocenters. The van der Waals surface area contributed by atoms with E-state index in [9.17, 15) is 4.79 Å². The van der Waals surface area contributed by atoms with Crippen molar-refractivity contribution in [1.29, 1.82) is 0 Å². The summed E-state index contributed by atoms with van der Waals surface area (Å²) in [6.45, 7) is 9.15. The van der Waals surface area contributed by atoms with E-state index in [-0.39, 0.29) is 5.43 Å². The second kappa shape index (κ2) is 7.57. The van der Waals surface area contributed by atoms with Crippen molar-refractivity contribution in [1.82, 2.24) is 4.98 Å². The zero-order valence-electron chi connectivity index (χ0n) is 16.2. The molecular formula is C23H28N3O+. The number of hydrogen-bond donors (Lipinski definition) is 2. The molecule has 1 aromatic heterocycles. The highest BCUT2D eigenvalue weighted by atomic mass is 16.1. The Labute approximate surface area is 160 Å². The van der Waals surface area contributed by atoms with Crippen LogP contribution in [0.3, 0.4) is 0 Å². The van der Waals surface area contributed by atoms with Crippen molar-refractivity contribution in [3.63, 3.8) is 0 Å². The van der Waals surface area contributed by atoms with Gasteiger partial charge in [-0.1, -0.05) is 37.3 Å². The molecule has 1 aliphatic rings. The lowest BCUT2D eigenvalue weighted by Gasteiger charge is -2.33. The highest BCUT2D eigenvalue weighted by Crippen LogP contribution is 2.17. The van der Waals surface area contributed by atoms with Gasteiger partial charge in [0.05, 0.1) is 37.3 Å². The number of pyridine rings is 1. The van der Waals surface area contributed by atoms with Crippen molar-refractivity contribution in [2.45, 2.75) is 26.8 Å². The summed E-state index contributed by atoms with van der Waals surface area (Å²) < 4.78 is 0. The van der Waals surface area contributed by atoms with Crippen LogP contribution >= 0.6 is 0 Å². The smallest absolute Gasteiger partial charge is 0.198 e. The molecule has 0 radical (unpaired) electrons. The van der Waals surface area contributed by atoms with Crippen LogP contribution in [-0.4, -0.2) is 31.2 Å². The van der Waals surface area contributed by atoms with Gasteiger partial charge in [-0.2, -0.15) is 0 Å². The van der Waals surface area contributed by atoms with Gasteiger partial charge < -0.3 is 14.8 Å². The Kier molecular flexibility index (Phi) is 4.99. The molecule has 4 heteroatoms. The van der Waals surface area contributed by atoms with E-state index in [0.29, 0.717) is 0 Å². The number of aromatic nitrogens is 1. The van der Waals surface area contributed by atoms with E-state index in [1.807, 2.05) is 19.1 Å². The number of quaternary nitrogens is 1. The Morgan fingerprint density at radius 1 is 1.04 bits per heavy atom. The third-order valence-electron chi connectivity index (χ3n) is 5.83. The normalized spacial score (nSPS) is 15.4. The SMILES string of the molecule is CCc1cccc2c(=O)c(C[NH+]3CCN(c4ccccc4)CC3)c(C)[nH]c12. The lowest BCUT2D eigenvalue weighted by Crippen LogP contribution is -3.13. The summed E-state index contributed by atoms with van der Waals surface area (Å²) >= 11 is 0. The van der Waals surface area contributed by atoms with Crippen molar-refractivity contribution in [2.24, 2.45) is 0 Å². The minimum Gasteiger partial charge on any atom is -0.360 e. The molecule has 0 unspecified atom stereocenters. The summed E-state index contributed by atoms with van der Waals surface area (Å²) in [5.41, 5.74) is 5.68. The topological polar surface area (TPSA) is 40.5 Å². The lowest BCUT2D eigenvalue weighted by molar-refractivity contribution is -0.914. The molecule has 0 aliphatic carbocycles. The summed E-state index contributed by atoms with van der Waals surface area (Å²) in [5, 5.41) is 0.831. The van der Waals surface area contributed by atoms with E-state index < -0.39 is 0 Å². The molecule has 4 nitrogen and oxygen atoms in total. The number of fused-ring (bicyclic) bond motifs is 1. The third kappa shape index (κ3) is 3.50. The van der Waals surface area contributed by atoms with Crippen LogP contribution in [-0.2, 0) is 13.0 Å². The molecule has 1 fully saturated rings. The first-order chi connectivity index (χ1) is 13.2. The number of hydrogen-bond acceptors (Lipinski definition) is 2. The number of benzene rings is 2. The predicted molar refractivity (Wildman–Crippen MR) is 112 cm³/mol. The van der Waals surface area contributed by atoms with E-state index in [4.69, 9.17) is 0 Å². The standard InChI is InChI=1S/C23H27N3O/c1-3-18-8-7-11-20-22(18)24-17(2)21(23(20)27)16-25-12-14-26(15-13-25)19-9-5-4-6-10-19/h4-11H,3,12-16H2,1-2H3,(H,24,27)/p+1. The first-order valence-electron chi connectivity index (χ1n) is 9.94. The van der Waals surface area contributed by atoms with Gasteiger partial charge in [0.2, 0.25) is 0 Å². The highest BCUT2D eigenvalue weighted by molar-refractivity contribution is 5.82. The molecule has 0 bridgehead atoms. The average molecular weight is 362 g/mol. The number of nitrogens with zero attached hydrogens (tertiary/aromatic N) is 1. The molecule has 3 aromatic rings. The Morgan fingerprint density at radius 3 is 2.48 bits per heavy atom. The number of nitrogens with one attached hydrogen (secondary N) is 2. The number of H-pyrrole nitrogens is 1. The summed E-state index contributed by atoms with van der Waals surface area (Å²) in [4.78, 5) is 20.6. The number of anilines is 1. The number of piperazine rings is 1. The molecular weight excluding hydrogens is 334 g/mol. The zero-order chi connectivity index (χ0) is 18.8. The fourth-order valence-electron chi connectivity index (χ4n) is 4.19. The summed E-state index contributed by atoms with van der Waals surface area (Å²) in [7, 11) is 0. The van der Waals surface area contributed by atoms with Crippen LogP contribution in [0.1, 0.15) is 23.7 Å². The van der Waals surface area contributed by atoms with E-state index in [1.54, 1.807) is 0 Å². The molecule has 0 amide bonds. The second-order valence-corrected chi connectivity index (χ2v) is 7.50. The van der Waals surface area contributed by atoms with E-state index >= 15 is 0 Å². The molecule has 1 saturated heterocycles. The van der Waals surface area contributed by atoms with Crippen LogP contribution in [0.4, 0.5) is 5.69 Å². The maximum atomic E-state index is 13.1. The van der Waals surface area contributed by atoms with E-state index in [2.05, 4.69) is 53.2 Å². The van der Waals surface area contributed by atoms with E-state index in [0.717, 1.165) is 61.3 Å². The fraction of sp³-hybridized carbons (Fsp3) is 0.348. The first-order valence-corrected chi connectivity index (χ1v) is 9.94. The maximum absolute atomic E-state index is 13.1. The minimum atomic E-state index is 0.203. The molecule has 140 valence electrons. The van der Waals surface area contributed by atoms with Crippen molar-refractivity contribution in [3.05, 3.63) is 75.6 Å². The minimum absolute atomic E-state index is 0.203. The van der Waals surface area contributed by atoms with E-state index in [1.165, 1.54) is 16.2 Å². The Morgan fingerprint density at radius 2 is 1.78 bits per heavy atom. The number of rotatable bonds is 4. The first kappa shape index (κ1) is 17.8. The Bertz CT molecular complexity index is 986. The second-order valence-electron chi connectivity index (χ2n) is 7.50. The van der Waals surface area contributed by atoms with Gasteiger partial charge >= 0.3 is 0 Å². The molecule has 1 aliphatic heterocycles. The molecule has 0 spiro atoms. The third-order valence-corrected chi connectivity index (χ3v) is 5.83. The fourth-order valence-corrected chi connectivity index (χ4v) is 4.19. The van der Waals surface area contributed by atoms with Crippen molar-refractivity contribution in [3.8, 4) is 0 Å². The van der Waals surface area contributed by atoms with Crippen LogP contribution in [0.2, 0.25) is 0 Å². The molecule has 4 rings (SSSR count). The number of aryl methyl sites for hydroxylation is 2. The molecule has 2 N–H and O–H groups in total. The van der Waals surface area contributed by atoms with Crippen molar-refractivity contribution < 1.29 is 4.90 Å². The summed E-state index contributed by atoms with van der Waals surface area (Å²) in [6, 6.07) is 16.7. The molecule has 0 saturated carbocycles. The van der Waals surface area contributed by atoms with Gasteiger partial charge in [-0.25, -0.2) is 0 Å². The quantitative estimate of drug-likeness (QED) is 0.748. The maximum Gasteiger partial charge on any atom is 0.198 e. The summed E-state index contributed by atoms with van der Waals surface area (Å²) in [6.07, 6.45) is 0.929. The van der Waals surface area contributed by atoms with Crippen LogP contribution in [0.15, 0.2) is 53.3 Å². The number of para-hydroxylation sites is 2. The van der Waals surface area contributed by atoms with Gasteiger partial charge in [0, 0.05) is 16.8 Å². The molecule has 2 aromatic carbocycles. The van der Waals surface area contributed by atoms with Gasteiger partial charge in [0.15, 0.2) is 5.43 Å². The number of aromatic amines is 1. The summed E-state index contributed by atoms with van der Waals surface area (Å²) in [5.74, 6) is 0. The largest absolute Gasteiger partial charge is 0.360 e. The van der Waals surface area contributed by atoms with Gasteiger partial charge in [0.25, 0.3) is 0 Å². The molecule has 27 heavy (non-hydrogen) atoms. The van der Waals surface area contributed by atoms with Gasteiger partial charge in [-0.3, -0.25) is 4.79 Å². The van der Waals surface area contributed by atoms with Crippen LogP contribution in [0.25, 0.3) is 10.9 Å². The van der Waals surface area contributed by atoms with Gasteiger partial charge in [0.1, 0.15) is 6.54 Å². The van der Waals surface area contributed by atoms with Crippen LogP contribution < -0.4 is 15.2 Å². The lowest BCUT2D eigenvalue weighted by atomic mass is 10.0. The van der Waals surface area contributed by atoms with Crippen molar-refractivity contribution in [2.75, 3.05) is 31.1 Å². The highest BCUT2D eigenvalue weighted by Gasteiger charge is 2.22. The Hall–Kier alpha value is -2.59. The van der Waals surface area contributed by atoms with Gasteiger partial charge in [-0.15, -0.1) is 0 Å².